The van der Waals surface area contributed by atoms with Gasteiger partial charge in [-0.05, 0) is 43.2 Å². The van der Waals surface area contributed by atoms with Gasteiger partial charge in [0.05, 0.1) is 11.5 Å². The van der Waals surface area contributed by atoms with Crippen LogP contribution in [0.1, 0.15) is 21.5 Å². The molecule has 2 amide bonds. The fourth-order valence-electron chi connectivity index (χ4n) is 2.05. The molecule has 7 nitrogen and oxygen atoms in total. The van der Waals surface area contributed by atoms with Gasteiger partial charge in [0.1, 0.15) is 0 Å². The number of non-ortho nitro benzene ring substituents is 1. The van der Waals surface area contributed by atoms with Crippen LogP contribution in [0.3, 0.4) is 0 Å². The van der Waals surface area contributed by atoms with Gasteiger partial charge in [-0.25, -0.2) is 0 Å². The molecule has 0 atom stereocenters. The van der Waals surface area contributed by atoms with Crippen molar-refractivity contribution in [3.05, 3.63) is 69.3 Å². The Morgan fingerprint density at radius 2 is 1.83 bits per heavy atom. The van der Waals surface area contributed by atoms with E-state index in [1.807, 2.05) is 26.0 Å². The summed E-state index contributed by atoms with van der Waals surface area (Å²) in [4.78, 5) is 34.0. The van der Waals surface area contributed by atoms with Gasteiger partial charge in [0, 0.05) is 23.4 Å². The third kappa shape index (κ3) is 4.39. The summed E-state index contributed by atoms with van der Waals surface area (Å²) in [5.74, 6) is -0.925. The minimum Gasteiger partial charge on any atom is -0.343 e. The molecule has 2 aromatic carbocycles. The molecule has 0 aliphatic carbocycles. The van der Waals surface area contributed by atoms with Crippen LogP contribution in [-0.2, 0) is 4.79 Å². The van der Waals surface area contributed by atoms with Crippen molar-refractivity contribution in [2.24, 2.45) is 0 Å². The molecule has 0 saturated carbocycles. The molecular weight excluding hydrogens is 310 g/mol. The van der Waals surface area contributed by atoms with E-state index in [9.17, 15) is 19.7 Å². The second-order valence-electron chi connectivity index (χ2n) is 5.34. The third-order valence-electron chi connectivity index (χ3n) is 3.52. The van der Waals surface area contributed by atoms with Crippen LogP contribution in [0.2, 0.25) is 0 Å². The summed E-state index contributed by atoms with van der Waals surface area (Å²) >= 11 is 0. The largest absolute Gasteiger partial charge is 0.343 e. The lowest BCUT2D eigenvalue weighted by molar-refractivity contribution is -0.384. The number of anilines is 1. The van der Waals surface area contributed by atoms with Gasteiger partial charge in [0.15, 0.2) is 0 Å². The molecule has 0 aliphatic heterocycles. The highest BCUT2D eigenvalue weighted by Crippen LogP contribution is 2.14. The number of aryl methyl sites for hydroxylation is 2. The van der Waals surface area contributed by atoms with Crippen LogP contribution < -0.4 is 10.6 Å². The van der Waals surface area contributed by atoms with Crippen molar-refractivity contribution < 1.29 is 14.5 Å². The number of nitrogens with zero attached hydrogens (tertiary/aromatic N) is 1. The molecule has 0 aliphatic rings. The molecular formula is C17H17N3O4. The van der Waals surface area contributed by atoms with E-state index >= 15 is 0 Å². The molecule has 0 unspecified atom stereocenters. The van der Waals surface area contributed by atoms with Crippen molar-refractivity contribution in [2.45, 2.75) is 13.8 Å². The predicted molar refractivity (Wildman–Crippen MR) is 90.0 cm³/mol. The summed E-state index contributed by atoms with van der Waals surface area (Å²) < 4.78 is 0. The van der Waals surface area contributed by atoms with Gasteiger partial charge < -0.3 is 10.6 Å². The molecule has 0 aromatic heterocycles. The minimum atomic E-state index is -0.580. The fourth-order valence-corrected chi connectivity index (χ4v) is 2.05. The third-order valence-corrected chi connectivity index (χ3v) is 3.52. The van der Waals surface area contributed by atoms with E-state index in [1.54, 1.807) is 6.07 Å². The highest BCUT2D eigenvalue weighted by molar-refractivity contribution is 5.99. The quantitative estimate of drug-likeness (QED) is 0.651. The molecule has 24 heavy (non-hydrogen) atoms. The van der Waals surface area contributed by atoms with Gasteiger partial charge in [-0.3, -0.25) is 19.7 Å². The number of hydrogen-bond acceptors (Lipinski definition) is 4. The predicted octanol–water partition coefficient (Wildman–Crippen LogP) is 2.58. The lowest BCUT2D eigenvalue weighted by Crippen LogP contribution is -2.32. The van der Waals surface area contributed by atoms with Crippen molar-refractivity contribution in [3.8, 4) is 0 Å². The Kier molecular flexibility index (Phi) is 5.26. The van der Waals surface area contributed by atoms with E-state index in [4.69, 9.17) is 0 Å². The zero-order chi connectivity index (χ0) is 17.7. The molecule has 2 rings (SSSR count). The number of amides is 2. The maximum atomic E-state index is 12.0. The Balaban J connectivity index is 1.93. The molecule has 124 valence electrons. The Morgan fingerprint density at radius 1 is 1.08 bits per heavy atom. The van der Waals surface area contributed by atoms with E-state index < -0.39 is 10.8 Å². The highest BCUT2D eigenvalue weighted by atomic mass is 16.6. The molecule has 0 radical (unpaired) electrons. The first-order valence-electron chi connectivity index (χ1n) is 7.26. The van der Waals surface area contributed by atoms with Crippen LogP contribution in [0.4, 0.5) is 11.4 Å². The van der Waals surface area contributed by atoms with Crippen molar-refractivity contribution in [2.75, 3.05) is 11.9 Å². The summed E-state index contributed by atoms with van der Waals surface area (Å²) in [6, 6.07) is 10.8. The number of hydrogen-bond donors (Lipinski definition) is 2. The number of rotatable bonds is 5. The Bertz CT molecular complexity index is 802. The zero-order valence-electron chi connectivity index (χ0n) is 13.3. The van der Waals surface area contributed by atoms with E-state index in [0.29, 0.717) is 5.69 Å². The number of nitro benzene ring substituents is 1. The first-order valence-corrected chi connectivity index (χ1v) is 7.26. The monoisotopic (exact) mass is 327 g/mol. The highest BCUT2D eigenvalue weighted by Gasteiger charge is 2.12. The number of nitrogens with one attached hydrogen (secondary N) is 2. The summed E-state index contributed by atoms with van der Waals surface area (Å²) in [5, 5.41) is 15.8. The van der Waals surface area contributed by atoms with Crippen LogP contribution in [0, 0.1) is 24.0 Å². The van der Waals surface area contributed by atoms with Crippen LogP contribution in [0.5, 0.6) is 0 Å². The minimum absolute atomic E-state index is 0.128. The normalized spacial score (nSPS) is 10.1. The number of benzene rings is 2. The van der Waals surface area contributed by atoms with Crippen molar-refractivity contribution in [1.29, 1.82) is 0 Å². The fraction of sp³-hybridized carbons (Fsp3) is 0.176. The average molecular weight is 327 g/mol. The molecule has 2 aromatic rings. The Hall–Kier alpha value is -3.22. The van der Waals surface area contributed by atoms with E-state index in [2.05, 4.69) is 10.6 Å². The van der Waals surface area contributed by atoms with Gasteiger partial charge in [0.25, 0.3) is 11.6 Å². The first-order chi connectivity index (χ1) is 11.4. The lowest BCUT2D eigenvalue weighted by atomic mass is 10.1. The summed E-state index contributed by atoms with van der Waals surface area (Å²) in [6.45, 7) is 3.68. The van der Waals surface area contributed by atoms with Gasteiger partial charge in [-0.1, -0.05) is 12.1 Å². The Labute approximate surface area is 138 Å². The molecule has 0 saturated heterocycles. The molecule has 7 heteroatoms. The van der Waals surface area contributed by atoms with E-state index in [1.165, 1.54) is 18.2 Å². The smallest absolute Gasteiger partial charge is 0.270 e. The molecule has 0 fully saturated rings. The maximum absolute atomic E-state index is 12.0. The van der Waals surface area contributed by atoms with E-state index in [-0.39, 0.29) is 23.7 Å². The number of nitro groups is 1. The van der Waals surface area contributed by atoms with Crippen molar-refractivity contribution in [3.63, 3.8) is 0 Å². The van der Waals surface area contributed by atoms with Gasteiger partial charge in [0.2, 0.25) is 5.91 Å². The van der Waals surface area contributed by atoms with Crippen molar-refractivity contribution in [1.82, 2.24) is 5.32 Å². The second kappa shape index (κ2) is 7.36. The van der Waals surface area contributed by atoms with Gasteiger partial charge in [-0.15, -0.1) is 0 Å². The van der Waals surface area contributed by atoms with E-state index in [0.717, 1.165) is 17.2 Å². The van der Waals surface area contributed by atoms with Crippen LogP contribution in [0.25, 0.3) is 0 Å². The number of carbonyl (C=O) groups excluding carboxylic acids is 2. The lowest BCUT2D eigenvalue weighted by Gasteiger charge is -2.09. The van der Waals surface area contributed by atoms with Crippen LogP contribution in [0.15, 0.2) is 42.5 Å². The maximum Gasteiger partial charge on any atom is 0.270 e. The molecule has 2 N–H and O–H groups in total. The van der Waals surface area contributed by atoms with Gasteiger partial charge >= 0.3 is 0 Å². The van der Waals surface area contributed by atoms with Crippen molar-refractivity contribution >= 4 is 23.2 Å². The summed E-state index contributed by atoms with van der Waals surface area (Å²) in [5.41, 5.74) is 2.76. The SMILES string of the molecule is Cc1ccc(NC(=O)CNC(=O)c2cccc([N+](=O)[O-])c2)cc1C. The van der Waals surface area contributed by atoms with Crippen LogP contribution in [-0.4, -0.2) is 23.3 Å². The summed E-state index contributed by atoms with van der Waals surface area (Å²) in [7, 11) is 0. The first kappa shape index (κ1) is 17.1. The molecule has 0 spiro atoms. The molecule has 0 bridgehead atoms. The Morgan fingerprint density at radius 3 is 2.50 bits per heavy atom. The van der Waals surface area contributed by atoms with Crippen LogP contribution >= 0.6 is 0 Å². The molecule has 0 heterocycles. The zero-order valence-corrected chi connectivity index (χ0v) is 13.3. The second-order valence-corrected chi connectivity index (χ2v) is 5.34. The van der Waals surface area contributed by atoms with Gasteiger partial charge in [-0.2, -0.15) is 0 Å². The summed E-state index contributed by atoms with van der Waals surface area (Å²) in [6.07, 6.45) is 0. The topological polar surface area (TPSA) is 101 Å². The number of carbonyl (C=O) groups is 2. The average Bonchev–Trinajstić information content (AvgIpc) is 2.56. The standard InChI is InChI=1S/C17H17N3O4/c1-11-6-7-14(8-12(11)2)19-16(21)10-18-17(22)13-4-3-5-15(9-13)20(23)24/h3-9H,10H2,1-2H3,(H,18,22)(H,19,21).